The molecular formula is C22H21F3N4O2. The van der Waals surface area contributed by atoms with Gasteiger partial charge in [-0.25, -0.2) is 0 Å². The minimum Gasteiger partial charge on any atom is -0.366 e. The van der Waals surface area contributed by atoms with E-state index < -0.39 is 23.2 Å². The number of primary amides is 1. The van der Waals surface area contributed by atoms with Crippen LogP contribution in [0.25, 0.3) is 11.1 Å². The number of pyridine rings is 1. The van der Waals surface area contributed by atoms with E-state index in [1.807, 2.05) is 0 Å². The van der Waals surface area contributed by atoms with Gasteiger partial charge in [0.25, 0.3) is 0 Å². The average molecular weight is 430 g/mol. The molecule has 1 fully saturated rings. The molecule has 162 valence electrons. The maximum atomic E-state index is 13.3. The number of carbonyl (C=O) groups is 2. The molecule has 9 heteroatoms. The lowest BCUT2D eigenvalue weighted by Gasteiger charge is -2.17. The van der Waals surface area contributed by atoms with Gasteiger partial charge in [-0.15, -0.1) is 0 Å². The van der Waals surface area contributed by atoms with Crippen LogP contribution in [0.2, 0.25) is 0 Å². The van der Waals surface area contributed by atoms with Gasteiger partial charge in [-0.2, -0.15) is 13.2 Å². The highest BCUT2D eigenvalue weighted by Gasteiger charge is 2.48. The highest BCUT2D eigenvalue weighted by molar-refractivity contribution is 6.06. The van der Waals surface area contributed by atoms with E-state index in [-0.39, 0.29) is 17.0 Å². The monoisotopic (exact) mass is 430 g/mol. The van der Waals surface area contributed by atoms with Crippen molar-refractivity contribution in [2.45, 2.75) is 37.9 Å². The molecule has 1 saturated heterocycles. The van der Waals surface area contributed by atoms with E-state index in [9.17, 15) is 22.8 Å². The van der Waals surface area contributed by atoms with Crippen molar-refractivity contribution >= 4 is 17.5 Å². The fourth-order valence-electron chi connectivity index (χ4n) is 4.28. The number of amides is 2. The van der Waals surface area contributed by atoms with Crippen LogP contribution in [0.3, 0.4) is 0 Å². The summed E-state index contributed by atoms with van der Waals surface area (Å²) in [5, 5.41) is 0. The summed E-state index contributed by atoms with van der Waals surface area (Å²) < 4.78 is 39.8. The number of rotatable bonds is 3. The number of alkyl halides is 3. The predicted molar refractivity (Wildman–Crippen MR) is 109 cm³/mol. The number of likely N-dealkylation sites (tertiary alicyclic amines) is 1. The van der Waals surface area contributed by atoms with Gasteiger partial charge >= 0.3 is 6.18 Å². The molecule has 1 aromatic carbocycles. The van der Waals surface area contributed by atoms with Gasteiger partial charge in [0, 0.05) is 24.8 Å². The van der Waals surface area contributed by atoms with Gasteiger partial charge in [-0.05, 0) is 67.6 Å². The quantitative estimate of drug-likeness (QED) is 0.810. The summed E-state index contributed by atoms with van der Waals surface area (Å²) in [6.07, 6.45) is -2.82. The normalized spacial score (nSPS) is 21.1. The Morgan fingerprint density at radius 2 is 1.94 bits per heavy atom. The lowest BCUT2D eigenvalue weighted by molar-refractivity contribution is -0.137. The van der Waals surface area contributed by atoms with Gasteiger partial charge in [0.1, 0.15) is 5.54 Å². The SMILES string of the molecule is Cc1cc(-c2cc(C(F)(F)F)ccc2C(N)=O)cc(C2=N[C@@]3(CC2)CCN(C)C3=O)n1. The Morgan fingerprint density at radius 3 is 2.55 bits per heavy atom. The van der Waals surface area contributed by atoms with E-state index in [0.717, 1.165) is 18.2 Å². The number of hydrogen-bond donors (Lipinski definition) is 1. The predicted octanol–water partition coefficient (Wildman–Crippen LogP) is 3.36. The first-order valence-corrected chi connectivity index (χ1v) is 9.85. The second-order valence-electron chi connectivity index (χ2n) is 8.07. The first-order valence-electron chi connectivity index (χ1n) is 9.85. The third kappa shape index (κ3) is 3.68. The summed E-state index contributed by atoms with van der Waals surface area (Å²) in [7, 11) is 1.74. The Kier molecular flexibility index (Phi) is 4.87. The van der Waals surface area contributed by atoms with Crippen LogP contribution in [-0.2, 0) is 11.0 Å². The molecular weight excluding hydrogens is 409 g/mol. The van der Waals surface area contributed by atoms with E-state index in [1.165, 1.54) is 0 Å². The molecule has 1 atom stereocenters. The summed E-state index contributed by atoms with van der Waals surface area (Å²) in [5.41, 5.74) is 5.91. The Bertz CT molecular complexity index is 1130. The number of aliphatic imine (C=N–C) groups is 1. The van der Waals surface area contributed by atoms with Crippen LogP contribution in [0.5, 0.6) is 0 Å². The molecule has 0 saturated carbocycles. The van der Waals surface area contributed by atoms with Crippen molar-refractivity contribution in [1.82, 2.24) is 9.88 Å². The largest absolute Gasteiger partial charge is 0.416 e. The molecule has 4 rings (SSSR count). The lowest BCUT2D eigenvalue weighted by atomic mass is 9.94. The molecule has 2 N–H and O–H groups in total. The molecule has 2 aliphatic heterocycles. The summed E-state index contributed by atoms with van der Waals surface area (Å²) in [6.45, 7) is 2.35. The van der Waals surface area contributed by atoms with Crippen LogP contribution in [0, 0.1) is 6.92 Å². The van der Waals surface area contributed by atoms with E-state index in [1.54, 1.807) is 31.0 Å². The van der Waals surface area contributed by atoms with E-state index in [0.29, 0.717) is 48.5 Å². The van der Waals surface area contributed by atoms with Crippen molar-refractivity contribution in [2.75, 3.05) is 13.6 Å². The topological polar surface area (TPSA) is 88.7 Å². The number of aryl methyl sites for hydroxylation is 1. The smallest absolute Gasteiger partial charge is 0.366 e. The zero-order chi connectivity index (χ0) is 22.6. The summed E-state index contributed by atoms with van der Waals surface area (Å²) in [4.78, 5) is 35.3. The Morgan fingerprint density at radius 1 is 1.19 bits per heavy atom. The molecule has 6 nitrogen and oxygen atoms in total. The average Bonchev–Trinajstić information content (AvgIpc) is 3.26. The molecule has 31 heavy (non-hydrogen) atoms. The molecule has 3 heterocycles. The van der Waals surface area contributed by atoms with Crippen LogP contribution < -0.4 is 5.73 Å². The number of nitrogens with two attached hydrogens (primary N) is 1. The Balaban J connectivity index is 1.81. The first kappa shape index (κ1) is 21.0. The second kappa shape index (κ2) is 7.18. The van der Waals surface area contributed by atoms with E-state index in [2.05, 4.69) is 4.98 Å². The maximum Gasteiger partial charge on any atom is 0.416 e. The van der Waals surface area contributed by atoms with Gasteiger partial charge < -0.3 is 10.6 Å². The summed E-state index contributed by atoms with van der Waals surface area (Å²) in [5.74, 6) is -0.847. The van der Waals surface area contributed by atoms with Crippen molar-refractivity contribution in [3.63, 3.8) is 0 Å². The Hall–Kier alpha value is -3.23. The summed E-state index contributed by atoms with van der Waals surface area (Å²) in [6, 6.07) is 6.06. The fraction of sp³-hybridized carbons (Fsp3) is 0.364. The van der Waals surface area contributed by atoms with Crippen LogP contribution in [0.15, 0.2) is 35.3 Å². The molecule has 1 spiro atoms. The molecule has 2 aliphatic rings. The van der Waals surface area contributed by atoms with Gasteiger partial charge in [0.05, 0.1) is 17.0 Å². The van der Waals surface area contributed by atoms with Gasteiger partial charge in [0.15, 0.2) is 0 Å². The van der Waals surface area contributed by atoms with Gasteiger partial charge in [-0.1, -0.05) is 0 Å². The van der Waals surface area contributed by atoms with Crippen molar-refractivity contribution in [2.24, 2.45) is 10.7 Å². The first-order chi connectivity index (χ1) is 14.5. The van der Waals surface area contributed by atoms with E-state index >= 15 is 0 Å². The van der Waals surface area contributed by atoms with Crippen LogP contribution in [0.1, 0.15) is 46.6 Å². The number of likely N-dealkylation sites (N-methyl/N-ethyl adjacent to an activating group) is 1. The highest BCUT2D eigenvalue weighted by atomic mass is 19.4. The van der Waals surface area contributed by atoms with Crippen molar-refractivity contribution in [3.8, 4) is 11.1 Å². The minimum atomic E-state index is -4.56. The van der Waals surface area contributed by atoms with Crippen LogP contribution >= 0.6 is 0 Å². The zero-order valence-corrected chi connectivity index (χ0v) is 17.1. The number of halogens is 3. The minimum absolute atomic E-state index is 0.0121. The number of nitrogens with zero attached hydrogens (tertiary/aromatic N) is 3. The third-order valence-electron chi connectivity index (χ3n) is 5.90. The third-order valence-corrected chi connectivity index (χ3v) is 5.90. The van der Waals surface area contributed by atoms with Gasteiger partial charge in [0.2, 0.25) is 11.8 Å². The van der Waals surface area contributed by atoms with Crippen molar-refractivity contribution in [3.05, 3.63) is 52.8 Å². The molecule has 2 aromatic rings. The van der Waals surface area contributed by atoms with Crippen molar-refractivity contribution < 1.29 is 22.8 Å². The maximum absolute atomic E-state index is 13.3. The Labute approximate surface area is 177 Å². The highest BCUT2D eigenvalue weighted by Crippen LogP contribution is 2.38. The standard InChI is InChI=1S/C22H21F3N4O2/c1-12-9-13(16-11-14(22(23,24)25)3-4-15(16)19(26)30)10-18(27-12)17-5-6-21(28-17)7-8-29(2)20(21)31/h3-4,9-11H,5-8H2,1-2H3,(H2,26,30)/t21-/m0/s1. The number of benzene rings is 1. The summed E-state index contributed by atoms with van der Waals surface area (Å²) >= 11 is 0. The molecule has 0 unspecified atom stereocenters. The fourth-order valence-corrected chi connectivity index (χ4v) is 4.28. The molecule has 0 radical (unpaired) electrons. The molecule has 2 amide bonds. The number of hydrogen-bond acceptors (Lipinski definition) is 4. The molecule has 0 aliphatic carbocycles. The van der Waals surface area contributed by atoms with E-state index in [4.69, 9.17) is 10.7 Å². The van der Waals surface area contributed by atoms with Crippen molar-refractivity contribution in [1.29, 1.82) is 0 Å². The second-order valence-corrected chi connectivity index (χ2v) is 8.07. The number of carbonyl (C=O) groups excluding carboxylic acids is 2. The van der Waals surface area contributed by atoms with Gasteiger partial charge in [-0.3, -0.25) is 19.6 Å². The zero-order valence-electron chi connectivity index (χ0n) is 17.1. The molecule has 0 bridgehead atoms. The molecule has 1 aromatic heterocycles. The number of aromatic nitrogens is 1. The lowest BCUT2D eigenvalue weighted by Crippen LogP contribution is -2.35. The van der Waals surface area contributed by atoms with Crippen LogP contribution in [-0.4, -0.2) is 46.5 Å². The van der Waals surface area contributed by atoms with Crippen LogP contribution in [0.4, 0.5) is 13.2 Å².